The van der Waals surface area contributed by atoms with Gasteiger partial charge >= 0.3 is 5.97 Å². The molecule has 170 valence electrons. The SMILES string of the molecule is CC(C)(C)[C@@H]1Cc2c(cc(-c3ccc(F)c(F)c3)c3c2CCO3)-c2cc(=O)c(C(=O)O)cn21. The summed E-state index contributed by atoms with van der Waals surface area (Å²) in [6.07, 6.45) is 2.74. The Hall–Kier alpha value is -3.48. The first kappa shape index (κ1) is 21.4. The number of carboxylic acids is 1. The Morgan fingerprint density at radius 1 is 1.09 bits per heavy atom. The molecule has 3 heterocycles. The second kappa shape index (κ2) is 7.27. The van der Waals surface area contributed by atoms with Crippen molar-refractivity contribution in [1.29, 1.82) is 0 Å². The number of hydrogen-bond donors (Lipinski definition) is 1. The Morgan fingerprint density at radius 2 is 1.85 bits per heavy atom. The summed E-state index contributed by atoms with van der Waals surface area (Å²) < 4.78 is 35.4. The third-order valence-corrected chi connectivity index (χ3v) is 6.64. The van der Waals surface area contributed by atoms with Gasteiger partial charge < -0.3 is 14.4 Å². The molecule has 0 bridgehead atoms. The Labute approximate surface area is 189 Å². The molecule has 0 radical (unpaired) electrons. The summed E-state index contributed by atoms with van der Waals surface area (Å²) in [4.78, 5) is 24.3. The molecule has 3 aromatic rings. The van der Waals surface area contributed by atoms with Gasteiger partial charge in [0.25, 0.3) is 0 Å². The lowest BCUT2D eigenvalue weighted by Crippen LogP contribution is -2.33. The molecule has 0 unspecified atom stereocenters. The molecule has 5 nitrogen and oxygen atoms in total. The molecule has 1 aromatic heterocycles. The van der Waals surface area contributed by atoms with Gasteiger partial charge in [0.05, 0.1) is 12.3 Å². The van der Waals surface area contributed by atoms with Gasteiger partial charge in [-0.15, -0.1) is 0 Å². The molecule has 0 saturated carbocycles. The molecule has 1 N–H and O–H groups in total. The van der Waals surface area contributed by atoms with E-state index in [1.807, 2.05) is 10.6 Å². The van der Waals surface area contributed by atoms with Crippen LogP contribution in [0, 0.1) is 17.0 Å². The van der Waals surface area contributed by atoms with Crippen molar-refractivity contribution < 1.29 is 23.4 Å². The lowest BCUT2D eigenvalue weighted by molar-refractivity contribution is 0.0693. The first-order chi connectivity index (χ1) is 15.6. The van der Waals surface area contributed by atoms with E-state index in [9.17, 15) is 23.5 Å². The van der Waals surface area contributed by atoms with Crippen molar-refractivity contribution in [2.24, 2.45) is 5.41 Å². The zero-order chi connectivity index (χ0) is 23.7. The van der Waals surface area contributed by atoms with Crippen molar-refractivity contribution in [2.75, 3.05) is 6.61 Å². The molecule has 1 atom stereocenters. The van der Waals surface area contributed by atoms with E-state index in [2.05, 4.69) is 20.8 Å². The number of aromatic nitrogens is 1. The molecular weight excluding hydrogens is 428 g/mol. The van der Waals surface area contributed by atoms with Gasteiger partial charge in [-0.3, -0.25) is 4.79 Å². The average molecular weight is 451 g/mol. The number of pyridine rings is 1. The van der Waals surface area contributed by atoms with E-state index < -0.39 is 23.0 Å². The highest BCUT2D eigenvalue weighted by atomic mass is 19.2. The quantitative estimate of drug-likeness (QED) is 0.579. The van der Waals surface area contributed by atoms with Crippen LogP contribution in [0.15, 0.2) is 41.3 Å². The number of benzene rings is 2. The highest BCUT2D eigenvalue weighted by Crippen LogP contribution is 2.49. The van der Waals surface area contributed by atoms with Gasteiger partial charge in [-0.2, -0.15) is 0 Å². The highest BCUT2D eigenvalue weighted by molar-refractivity contribution is 5.88. The van der Waals surface area contributed by atoms with Crippen LogP contribution in [0.3, 0.4) is 0 Å². The van der Waals surface area contributed by atoms with Crippen LogP contribution in [0.4, 0.5) is 8.78 Å². The van der Waals surface area contributed by atoms with Crippen molar-refractivity contribution in [2.45, 2.75) is 39.7 Å². The van der Waals surface area contributed by atoms with Gasteiger partial charge in [-0.05, 0) is 41.2 Å². The zero-order valence-electron chi connectivity index (χ0n) is 18.5. The number of halogens is 2. The van der Waals surface area contributed by atoms with E-state index >= 15 is 0 Å². The molecule has 2 aliphatic rings. The maximum absolute atomic E-state index is 14.0. The third kappa shape index (κ3) is 3.34. The second-order valence-electron chi connectivity index (χ2n) is 9.72. The molecule has 0 saturated heterocycles. The number of rotatable bonds is 2. The van der Waals surface area contributed by atoms with Crippen LogP contribution in [0.5, 0.6) is 5.75 Å². The topological polar surface area (TPSA) is 68.5 Å². The molecule has 5 rings (SSSR count). The largest absolute Gasteiger partial charge is 0.492 e. The van der Waals surface area contributed by atoms with Crippen molar-refractivity contribution in [1.82, 2.24) is 4.57 Å². The lowest BCUT2D eigenvalue weighted by Gasteiger charge is -2.39. The molecule has 0 aliphatic carbocycles. The lowest BCUT2D eigenvalue weighted by atomic mass is 9.76. The summed E-state index contributed by atoms with van der Waals surface area (Å²) in [6, 6.07) is 6.86. The second-order valence-corrected chi connectivity index (χ2v) is 9.72. The van der Waals surface area contributed by atoms with Crippen LogP contribution in [0.1, 0.15) is 48.3 Å². The molecule has 7 heteroatoms. The van der Waals surface area contributed by atoms with E-state index in [4.69, 9.17) is 4.74 Å². The fraction of sp³-hybridized carbons (Fsp3) is 0.308. The number of hydrogen-bond acceptors (Lipinski definition) is 3. The van der Waals surface area contributed by atoms with Crippen molar-refractivity contribution >= 4 is 5.97 Å². The number of carbonyl (C=O) groups is 1. The predicted molar refractivity (Wildman–Crippen MR) is 120 cm³/mol. The number of fused-ring (bicyclic) bond motifs is 5. The smallest absolute Gasteiger partial charge is 0.341 e. The monoisotopic (exact) mass is 451 g/mol. The minimum Gasteiger partial charge on any atom is -0.492 e. The Balaban J connectivity index is 1.82. The third-order valence-electron chi connectivity index (χ3n) is 6.64. The molecular formula is C26H23F2NO4. The van der Waals surface area contributed by atoms with Crippen LogP contribution in [0.25, 0.3) is 22.4 Å². The van der Waals surface area contributed by atoms with Crippen LogP contribution in [0.2, 0.25) is 0 Å². The summed E-state index contributed by atoms with van der Waals surface area (Å²) in [5, 5.41) is 9.52. The Morgan fingerprint density at radius 3 is 2.52 bits per heavy atom. The molecule has 0 spiro atoms. The van der Waals surface area contributed by atoms with Crippen LogP contribution in [-0.2, 0) is 12.8 Å². The average Bonchev–Trinajstić information content (AvgIpc) is 3.23. The number of ether oxygens (including phenoxy) is 1. The zero-order valence-corrected chi connectivity index (χ0v) is 18.5. The van der Waals surface area contributed by atoms with Crippen molar-refractivity contribution in [3.05, 3.63) is 75.1 Å². The summed E-state index contributed by atoms with van der Waals surface area (Å²) in [5.74, 6) is -2.49. The fourth-order valence-electron chi connectivity index (χ4n) is 4.98. The van der Waals surface area contributed by atoms with Crippen molar-refractivity contribution in [3.8, 4) is 28.1 Å². The highest BCUT2D eigenvalue weighted by Gasteiger charge is 2.37. The minimum atomic E-state index is -1.27. The van der Waals surface area contributed by atoms with Crippen molar-refractivity contribution in [3.63, 3.8) is 0 Å². The standard InChI is InChI=1S/C26H23F2NO4/c1-26(2,3)23-10-16-14-6-7-33-24(14)15(13-4-5-19(27)20(28)8-13)9-17(16)21-11-22(30)18(25(31)32)12-29(21)23/h4-5,8-9,11-12,23H,6-7,10H2,1-3H3,(H,31,32)/t23-/m0/s1. The normalized spacial score (nSPS) is 16.6. The first-order valence-corrected chi connectivity index (χ1v) is 10.8. The summed E-state index contributed by atoms with van der Waals surface area (Å²) in [6.45, 7) is 6.72. The van der Waals surface area contributed by atoms with Gasteiger partial charge in [0.15, 0.2) is 17.1 Å². The molecule has 2 aliphatic heterocycles. The Bertz CT molecular complexity index is 1380. The van der Waals surface area contributed by atoms with Crippen LogP contribution in [-0.4, -0.2) is 22.2 Å². The van der Waals surface area contributed by atoms with E-state index in [0.29, 0.717) is 42.0 Å². The van der Waals surface area contributed by atoms with E-state index in [0.717, 1.165) is 28.8 Å². The maximum Gasteiger partial charge on any atom is 0.341 e. The summed E-state index contributed by atoms with van der Waals surface area (Å²) in [5.41, 5.74) is 3.49. The molecule has 0 fully saturated rings. The fourth-order valence-corrected chi connectivity index (χ4v) is 4.98. The predicted octanol–water partition coefficient (Wildman–Crippen LogP) is 5.24. The summed E-state index contributed by atoms with van der Waals surface area (Å²) >= 11 is 0. The van der Waals surface area contributed by atoms with E-state index in [1.165, 1.54) is 18.3 Å². The van der Waals surface area contributed by atoms with Gasteiger partial charge in [0.2, 0.25) is 0 Å². The van der Waals surface area contributed by atoms with E-state index in [1.54, 1.807) is 0 Å². The van der Waals surface area contributed by atoms with E-state index in [-0.39, 0.29) is 17.0 Å². The van der Waals surface area contributed by atoms with Gasteiger partial charge in [-0.1, -0.05) is 26.8 Å². The number of carboxylic acid groups (broad SMARTS) is 1. The van der Waals surface area contributed by atoms with Gasteiger partial charge in [0, 0.05) is 41.4 Å². The van der Waals surface area contributed by atoms with Crippen LogP contribution >= 0.6 is 0 Å². The maximum atomic E-state index is 14.0. The van der Waals surface area contributed by atoms with Gasteiger partial charge in [-0.25, -0.2) is 13.6 Å². The van der Waals surface area contributed by atoms with Gasteiger partial charge in [0.1, 0.15) is 11.3 Å². The Kier molecular flexibility index (Phi) is 4.71. The molecule has 33 heavy (non-hydrogen) atoms. The van der Waals surface area contributed by atoms with Crippen LogP contribution < -0.4 is 10.2 Å². The summed E-state index contributed by atoms with van der Waals surface area (Å²) in [7, 11) is 0. The number of nitrogens with zero attached hydrogens (tertiary/aromatic N) is 1. The first-order valence-electron chi connectivity index (χ1n) is 10.8. The molecule has 0 amide bonds. The minimum absolute atomic E-state index is 0.0856. The molecule has 2 aromatic carbocycles. The number of aromatic carboxylic acids is 1.